The largest absolute Gasteiger partial charge is 0.255 e. The van der Waals surface area contributed by atoms with Gasteiger partial charge in [-0.2, -0.15) is 0 Å². The quantitative estimate of drug-likeness (QED) is 0.406. The molecule has 0 radical (unpaired) electrons. The molecule has 0 fully saturated rings. The van der Waals surface area contributed by atoms with Crippen LogP contribution in [0.4, 0.5) is 0 Å². The van der Waals surface area contributed by atoms with Crippen LogP contribution >= 0.6 is 0 Å². The maximum absolute atomic E-state index is 4.85. The molecule has 0 amide bonds. The molecule has 1 nitrogen and oxygen atoms in total. The Morgan fingerprint density at radius 1 is 0.538 bits per heavy atom. The van der Waals surface area contributed by atoms with Crippen LogP contribution in [0.2, 0.25) is 0 Å². The summed E-state index contributed by atoms with van der Waals surface area (Å²) < 4.78 is 0. The van der Waals surface area contributed by atoms with E-state index in [-0.39, 0.29) is 0 Å². The van der Waals surface area contributed by atoms with Crippen molar-refractivity contribution in [2.24, 2.45) is 0 Å². The Kier molecular flexibility index (Phi) is 4.37. The Hall–Kier alpha value is -3.19. The first-order valence-corrected chi connectivity index (χ1v) is 8.90. The second-order valence-electron chi connectivity index (χ2n) is 6.72. The Morgan fingerprint density at radius 3 is 1.73 bits per heavy atom. The fourth-order valence-corrected chi connectivity index (χ4v) is 3.15. The Balaban J connectivity index is 1.90. The molecule has 0 atom stereocenters. The Labute approximate surface area is 155 Å². The molecule has 1 heteroatoms. The van der Waals surface area contributed by atoms with Gasteiger partial charge in [-0.05, 0) is 31.0 Å². The van der Waals surface area contributed by atoms with Crippen LogP contribution in [0, 0.1) is 13.8 Å². The van der Waals surface area contributed by atoms with E-state index in [0.717, 1.165) is 22.4 Å². The second-order valence-corrected chi connectivity index (χ2v) is 6.72. The van der Waals surface area contributed by atoms with Gasteiger partial charge in [0, 0.05) is 22.9 Å². The lowest BCUT2D eigenvalue weighted by Gasteiger charge is -2.12. The molecular formula is C25H21N. The van der Waals surface area contributed by atoms with Crippen LogP contribution in [-0.2, 0) is 0 Å². The van der Waals surface area contributed by atoms with Gasteiger partial charge in [0.05, 0.1) is 5.69 Å². The summed E-state index contributed by atoms with van der Waals surface area (Å²) in [5, 5.41) is 0. The molecule has 0 N–H and O–H groups in total. The van der Waals surface area contributed by atoms with Crippen molar-refractivity contribution in [3.8, 4) is 33.5 Å². The number of rotatable bonds is 3. The molecule has 0 bridgehead atoms. The van der Waals surface area contributed by atoms with Crippen LogP contribution in [0.5, 0.6) is 0 Å². The van der Waals surface area contributed by atoms with E-state index in [1.54, 1.807) is 0 Å². The van der Waals surface area contributed by atoms with Gasteiger partial charge in [0.2, 0.25) is 0 Å². The van der Waals surface area contributed by atoms with Crippen molar-refractivity contribution in [2.45, 2.75) is 13.8 Å². The van der Waals surface area contributed by atoms with Gasteiger partial charge in [0.15, 0.2) is 0 Å². The molecule has 26 heavy (non-hydrogen) atoms. The van der Waals surface area contributed by atoms with Crippen molar-refractivity contribution < 1.29 is 0 Å². The number of pyridine rings is 1. The Morgan fingerprint density at radius 2 is 1.12 bits per heavy atom. The molecule has 0 spiro atoms. The van der Waals surface area contributed by atoms with E-state index in [1.165, 1.54) is 22.3 Å². The predicted octanol–water partition coefficient (Wildman–Crippen LogP) is 6.70. The van der Waals surface area contributed by atoms with Crippen molar-refractivity contribution in [1.29, 1.82) is 0 Å². The van der Waals surface area contributed by atoms with E-state index in [4.69, 9.17) is 4.98 Å². The van der Waals surface area contributed by atoms with Crippen LogP contribution in [0.3, 0.4) is 0 Å². The van der Waals surface area contributed by atoms with E-state index in [0.29, 0.717) is 0 Å². The number of aromatic nitrogens is 1. The normalized spacial score (nSPS) is 10.7. The minimum Gasteiger partial charge on any atom is -0.255 e. The van der Waals surface area contributed by atoms with E-state index in [1.807, 2.05) is 12.3 Å². The summed E-state index contributed by atoms with van der Waals surface area (Å²) in [5.74, 6) is 0. The molecule has 0 saturated carbocycles. The van der Waals surface area contributed by atoms with E-state index in [9.17, 15) is 0 Å². The van der Waals surface area contributed by atoms with Gasteiger partial charge in [-0.25, -0.2) is 0 Å². The smallest absolute Gasteiger partial charge is 0.0780 e. The van der Waals surface area contributed by atoms with Crippen LogP contribution in [0.25, 0.3) is 33.5 Å². The fourth-order valence-electron chi connectivity index (χ4n) is 3.15. The van der Waals surface area contributed by atoms with E-state index >= 15 is 0 Å². The molecule has 0 saturated heterocycles. The maximum Gasteiger partial charge on any atom is 0.0780 e. The highest BCUT2D eigenvalue weighted by Crippen LogP contribution is 2.34. The molecule has 0 aliphatic heterocycles. The third kappa shape index (κ3) is 3.29. The van der Waals surface area contributed by atoms with Crippen molar-refractivity contribution in [3.05, 3.63) is 102 Å². The monoisotopic (exact) mass is 335 g/mol. The maximum atomic E-state index is 4.85. The zero-order valence-electron chi connectivity index (χ0n) is 15.1. The number of hydrogen-bond donors (Lipinski definition) is 0. The van der Waals surface area contributed by atoms with Crippen LogP contribution < -0.4 is 0 Å². The molecule has 0 aliphatic carbocycles. The molecule has 1 heterocycles. The zero-order valence-corrected chi connectivity index (χ0v) is 15.1. The first kappa shape index (κ1) is 16.3. The van der Waals surface area contributed by atoms with Crippen molar-refractivity contribution in [1.82, 2.24) is 4.98 Å². The highest BCUT2D eigenvalue weighted by molar-refractivity contribution is 5.84. The average Bonchev–Trinajstić information content (AvgIpc) is 2.69. The van der Waals surface area contributed by atoms with Gasteiger partial charge < -0.3 is 0 Å². The van der Waals surface area contributed by atoms with E-state index in [2.05, 4.69) is 92.7 Å². The van der Waals surface area contributed by atoms with Gasteiger partial charge in [-0.1, -0.05) is 90.0 Å². The van der Waals surface area contributed by atoms with Gasteiger partial charge in [0.25, 0.3) is 0 Å². The first-order chi connectivity index (χ1) is 12.7. The van der Waals surface area contributed by atoms with Gasteiger partial charge in [-0.3, -0.25) is 4.98 Å². The Bertz CT molecular complexity index is 1010. The number of benzene rings is 3. The SMILES string of the molecule is Cc1ccc(-c2cnc(-c3ccccc3)c(-c3ccc(C)cc3)c2)cc1. The molecule has 0 aliphatic rings. The summed E-state index contributed by atoms with van der Waals surface area (Å²) in [4.78, 5) is 4.85. The summed E-state index contributed by atoms with van der Waals surface area (Å²) >= 11 is 0. The minimum atomic E-state index is 1.02. The lowest BCUT2D eigenvalue weighted by molar-refractivity contribution is 1.32. The molecule has 3 aromatic carbocycles. The summed E-state index contributed by atoms with van der Waals surface area (Å²) in [6.45, 7) is 4.22. The highest BCUT2D eigenvalue weighted by Gasteiger charge is 2.11. The zero-order chi connectivity index (χ0) is 17.9. The molecule has 126 valence electrons. The van der Waals surface area contributed by atoms with Crippen molar-refractivity contribution in [3.63, 3.8) is 0 Å². The second kappa shape index (κ2) is 6.97. The molecular weight excluding hydrogens is 314 g/mol. The number of nitrogens with zero attached hydrogens (tertiary/aromatic N) is 1. The summed E-state index contributed by atoms with van der Waals surface area (Å²) in [7, 11) is 0. The van der Waals surface area contributed by atoms with Crippen LogP contribution in [0.1, 0.15) is 11.1 Å². The fraction of sp³-hybridized carbons (Fsp3) is 0.0800. The lowest BCUT2D eigenvalue weighted by atomic mass is 9.95. The molecule has 4 aromatic rings. The van der Waals surface area contributed by atoms with E-state index < -0.39 is 0 Å². The van der Waals surface area contributed by atoms with Crippen molar-refractivity contribution >= 4 is 0 Å². The summed E-state index contributed by atoms with van der Waals surface area (Å²) in [5.41, 5.74) is 9.37. The molecule has 4 rings (SSSR count). The van der Waals surface area contributed by atoms with Gasteiger partial charge in [0.1, 0.15) is 0 Å². The van der Waals surface area contributed by atoms with Gasteiger partial charge in [-0.15, -0.1) is 0 Å². The standard InChI is InChI=1S/C25H21N/c1-18-8-12-20(13-9-18)23-16-24(21-14-10-19(2)11-15-21)25(26-17-23)22-6-4-3-5-7-22/h3-17H,1-2H3. The molecule has 0 unspecified atom stereocenters. The summed E-state index contributed by atoms with van der Waals surface area (Å²) in [6.07, 6.45) is 1.98. The minimum absolute atomic E-state index is 1.02. The third-order valence-electron chi connectivity index (χ3n) is 4.68. The summed E-state index contributed by atoms with van der Waals surface area (Å²) in [6, 6.07) is 29.9. The predicted molar refractivity (Wildman–Crippen MR) is 110 cm³/mol. The number of hydrogen-bond acceptors (Lipinski definition) is 1. The van der Waals surface area contributed by atoms with Gasteiger partial charge >= 0.3 is 0 Å². The third-order valence-corrected chi connectivity index (χ3v) is 4.68. The van der Waals surface area contributed by atoms with Crippen LogP contribution in [-0.4, -0.2) is 4.98 Å². The first-order valence-electron chi connectivity index (χ1n) is 8.90. The highest BCUT2D eigenvalue weighted by atomic mass is 14.7. The molecule has 1 aromatic heterocycles. The average molecular weight is 335 g/mol. The topological polar surface area (TPSA) is 12.9 Å². The van der Waals surface area contributed by atoms with Crippen molar-refractivity contribution in [2.75, 3.05) is 0 Å². The lowest BCUT2D eigenvalue weighted by Crippen LogP contribution is -1.91. The van der Waals surface area contributed by atoms with Crippen LogP contribution in [0.15, 0.2) is 91.1 Å². The number of aryl methyl sites for hydroxylation is 2.